The second kappa shape index (κ2) is 8.46. The fourth-order valence-corrected chi connectivity index (χ4v) is 2.81. The molecule has 0 radical (unpaired) electrons. The van der Waals surface area contributed by atoms with Gasteiger partial charge < -0.3 is 15.4 Å². The van der Waals surface area contributed by atoms with Crippen LogP contribution in [0.15, 0.2) is 29.6 Å². The maximum Gasteiger partial charge on any atom is 0.213 e. The quantitative estimate of drug-likeness (QED) is 0.609. The highest BCUT2D eigenvalue weighted by Crippen LogP contribution is 2.22. The normalized spacial score (nSPS) is 15.4. The monoisotopic (exact) mass is 343 g/mol. The summed E-state index contributed by atoms with van der Waals surface area (Å²) >= 11 is 0. The highest BCUT2D eigenvalue weighted by Gasteiger charge is 2.16. The first-order valence-corrected chi connectivity index (χ1v) is 8.63. The van der Waals surface area contributed by atoms with Gasteiger partial charge in [-0.25, -0.2) is 9.97 Å². The van der Waals surface area contributed by atoms with Gasteiger partial charge in [0.2, 0.25) is 5.88 Å². The fraction of sp³-hybridized carbons (Fsp3) is 0.529. The van der Waals surface area contributed by atoms with E-state index in [1.807, 2.05) is 25.4 Å². The van der Waals surface area contributed by atoms with Gasteiger partial charge in [0.1, 0.15) is 18.3 Å². The van der Waals surface area contributed by atoms with Gasteiger partial charge >= 0.3 is 0 Å². The van der Waals surface area contributed by atoms with Crippen molar-refractivity contribution >= 4 is 5.96 Å². The van der Waals surface area contributed by atoms with E-state index >= 15 is 0 Å². The predicted molar refractivity (Wildman–Crippen MR) is 95.2 cm³/mol. The summed E-state index contributed by atoms with van der Waals surface area (Å²) in [5.74, 6) is 2.26. The minimum Gasteiger partial charge on any atom is -0.474 e. The van der Waals surface area contributed by atoms with Gasteiger partial charge in [-0.15, -0.1) is 0 Å². The van der Waals surface area contributed by atoms with Crippen LogP contribution in [0.4, 0.5) is 0 Å². The summed E-state index contributed by atoms with van der Waals surface area (Å²) in [5, 5.41) is 10.5. The number of ether oxygens (including phenoxy) is 1. The summed E-state index contributed by atoms with van der Waals surface area (Å²) in [6.07, 6.45) is 8.50. The Morgan fingerprint density at radius 3 is 2.68 bits per heavy atom. The van der Waals surface area contributed by atoms with E-state index in [4.69, 9.17) is 4.74 Å². The molecule has 0 aromatic carbocycles. The summed E-state index contributed by atoms with van der Waals surface area (Å²) in [5.41, 5.74) is 1.07. The number of rotatable bonds is 6. The van der Waals surface area contributed by atoms with Crippen molar-refractivity contribution in [3.05, 3.63) is 36.0 Å². The van der Waals surface area contributed by atoms with Gasteiger partial charge in [0.25, 0.3) is 0 Å². The number of aromatic nitrogens is 4. The molecule has 0 unspecified atom stereocenters. The van der Waals surface area contributed by atoms with E-state index in [9.17, 15) is 0 Å². The van der Waals surface area contributed by atoms with Crippen LogP contribution in [0, 0.1) is 0 Å². The van der Waals surface area contributed by atoms with Crippen LogP contribution in [0.25, 0.3) is 0 Å². The Labute approximate surface area is 147 Å². The van der Waals surface area contributed by atoms with Crippen LogP contribution in [0.3, 0.4) is 0 Å². The first-order valence-electron chi connectivity index (χ1n) is 8.63. The number of aryl methyl sites for hydroxylation is 1. The summed E-state index contributed by atoms with van der Waals surface area (Å²) in [6.45, 7) is 1.19. The lowest BCUT2D eigenvalue weighted by atomic mass is 10.3. The van der Waals surface area contributed by atoms with Gasteiger partial charge in [0, 0.05) is 32.9 Å². The first kappa shape index (κ1) is 17.2. The highest BCUT2D eigenvalue weighted by atomic mass is 16.5. The zero-order chi connectivity index (χ0) is 17.5. The van der Waals surface area contributed by atoms with Gasteiger partial charge in [-0.1, -0.05) is 6.07 Å². The molecule has 1 fully saturated rings. The molecule has 0 aliphatic heterocycles. The van der Waals surface area contributed by atoms with Crippen molar-refractivity contribution in [1.29, 1.82) is 0 Å². The summed E-state index contributed by atoms with van der Waals surface area (Å²) in [6, 6.07) is 3.96. The molecule has 25 heavy (non-hydrogen) atoms. The molecule has 0 atom stereocenters. The zero-order valence-corrected chi connectivity index (χ0v) is 14.8. The Morgan fingerprint density at radius 1 is 1.24 bits per heavy atom. The van der Waals surface area contributed by atoms with Crippen molar-refractivity contribution in [2.24, 2.45) is 12.0 Å². The van der Waals surface area contributed by atoms with Crippen LogP contribution in [-0.4, -0.2) is 38.9 Å². The maximum atomic E-state index is 5.89. The average Bonchev–Trinajstić information content (AvgIpc) is 3.28. The molecule has 8 nitrogen and oxygen atoms in total. The lowest BCUT2D eigenvalue weighted by molar-refractivity contribution is 0.201. The van der Waals surface area contributed by atoms with E-state index in [-0.39, 0.29) is 0 Å². The number of nitrogens with zero attached hydrogens (tertiary/aromatic N) is 5. The molecule has 2 N–H and O–H groups in total. The minimum absolute atomic E-state index is 0.333. The standard InChI is InChI=1S/C17H25N7O/c1-18-17(21-11-15-22-12-23-24(15)2)20-10-13-7-8-16(19-9-13)25-14-5-3-4-6-14/h7-9,12,14H,3-6,10-11H2,1-2H3,(H2,18,20,21). The molecule has 1 aliphatic carbocycles. The number of guanidine groups is 1. The summed E-state index contributed by atoms with van der Waals surface area (Å²) in [7, 11) is 3.60. The molecular formula is C17H25N7O. The highest BCUT2D eigenvalue weighted by molar-refractivity contribution is 5.79. The second-order valence-corrected chi connectivity index (χ2v) is 6.11. The zero-order valence-electron chi connectivity index (χ0n) is 14.8. The van der Waals surface area contributed by atoms with Crippen LogP contribution in [0.5, 0.6) is 5.88 Å². The van der Waals surface area contributed by atoms with Gasteiger partial charge in [-0.05, 0) is 31.2 Å². The van der Waals surface area contributed by atoms with Crippen molar-refractivity contribution in [2.45, 2.75) is 44.9 Å². The van der Waals surface area contributed by atoms with Crippen LogP contribution in [0.2, 0.25) is 0 Å². The van der Waals surface area contributed by atoms with Crippen LogP contribution < -0.4 is 15.4 Å². The van der Waals surface area contributed by atoms with Crippen molar-refractivity contribution in [3.63, 3.8) is 0 Å². The molecule has 1 saturated carbocycles. The molecule has 134 valence electrons. The average molecular weight is 343 g/mol. The number of nitrogens with one attached hydrogen (secondary N) is 2. The van der Waals surface area contributed by atoms with E-state index in [0.29, 0.717) is 31.0 Å². The van der Waals surface area contributed by atoms with E-state index in [2.05, 4.69) is 30.7 Å². The Balaban J connectivity index is 1.45. The molecular weight excluding hydrogens is 318 g/mol. The SMILES string of the molecule is CN=C(NCc1ccc(OC2CCCC2)nc1)NCc1ncnn1C. The topological polar surface area (TPSA) is 89.2 Å². The number of hydrogen-bond acceptors (Lipinski definition) is 5. The number of hydrogen-bond donors (Lipinski definition) is 2. The molecule has 2 aromatic rings. The van der Waals surface area contributed by atoms with Crippen LogP contribution in [0.1, 0.15) is 37.1 Å². The van der Waals surface area contributed by atoms with Gasteiger partial charge in [0.05, 0.1) is 6.54 Å². The largest absolute Gasteiger partial charge is 0.474 e. The Hall–Kier alpha value is -2.64. The van der Waals surface area contributed by atoms with Gasteiger partial charge in [0.15, 0.2) is 5.96 Å². The lowest BCUT2D eigenvalue weighted by Gasteiger charge is -2.13. The van der Waals surface area contributed by atoms with Gasteiger partial charge in [-0.3, -0.25) is 9.67 Å². The summed E-state index contributed by atoms with van der Waals surface area (Å²) < 4.78 is 7.61. The van der Waals surface area contributed by atoms with Crippen LogP contribution >= 0.6 is 0 Å². The molecule has 2 aromatic heterocycles. The molecule has 3 rings (SSSR count). The third-order valence-corrected chi connectivity index (χ3v) is 4.29. The molecule has 1 aliphatic rings. The third kappa shape index (κ3) is 4.91. The molecule has 0 bridgehead atoms. The smallest absolute Gasteiger partial charge is 0.213 e. The lowest BCUT2D eigenvalue weighted by Crippen LogP contribution is -2.36. The maximum absolute atomic E-state index is 5.89. The molecule has 0 amide bonds. The van der Waals surface area contributed by atoms with Gasteiger partial charge in [-0.2, -0.15) is 5.10 Å². The van der Waals surface area contributed by atoms with Crippen molar-refractivity contribution in [2.75, 3.05) is 7.05 Å². The van der Waals surface area contributed by atoms with E-state index in [0.717, 1.165) is 24.2 Å². The Kier molecular flexibility index (Phi) is 5.81. The fourth-order valence-electron chi connectivity index (χ4n) is 2.81. The summed E-state index contributed by atoms with van der Waals surface area (Å²) in [4.78, 5) is 12.8. The molecule has 0 saturated heterocycles. The van der Waals surface area contributed by atoms with E-state index in [1.165, 1.54) is 19.2 Å². The van der Waals surface area contributed by atoms with Crippen molar-refractivity contribution in [3.8, 4) is 5.88 Å². The molecule has 2 heterocycles. The minimum atomic E-state index is 0.333. The number of pyridine rings is 1. The van der Waals surface area contributed by atoms with Crippen molar-refractivity contribution in [1.82, 2.24) is 30.4 Å². The molecule has 8 heteroatoms. The van der Waals surface area contributed by atoms with Crippen LogP contribution in [-0.2, 0) is 20.1 Å². The van der Waals surface area contributed by atoms with E-state index in [1.54, 1.807) is 11.7 Å². The third-order valence-electron chi connectivity index (χ3n) is 4.29. The molecule has 0 spiro atoms. The first-order chi connectivity index (χ1) is 12.2. The van der Waals surface area contributed by atoms with Crippen molar-refractivity contribution < 1.29 is 4.74 Å². The van der Waals surface area contributed by atoms with E-state index < -0.39 is 0 Å². The predicted octanol–water partition coefficient (Wildman–Crippen LogP) is 1.40. The second-order valence-electron chi connectivity index (χ2n) is 6.11. The number of aliphatic imine (C=N–C) groups is 1. The Bertz CT molecular complexity index is 689. The Morgan fingerprint density at radius 2 is 2.04 bits per heavy atom.